The Morgan fingerprint density at radius 2 is 1.85 bits per heavy atom. The topological polar surface area (TPSA) is 45.3 Å². The number of nitrogens with zero attached hydrogens (tertiary/aromatic N) is 3. The van der Waals surface area contributed by atoms with E-state index in [1.165, 1.54) is 5.56 Å². The molecular weight excluding hydrogens is 342 g/mol. The zero-order valence-electron chi connectivity index (χ0n) is 16.7. The first kappa shape index (κ1) is 20.3. The summed E-state index contributed by atoms with van der Waals surface area (Å²) in [6.07, 6.45) is 2.06. The molecule has 0 atom stereocenters. The van der Waals surface area contributed by atoms with Crippen molar-refractivity contribution in [2.75, 3.05) is 66.6 Å². The molecular formula is C21H33N3O3. The van der Waals surface area contributed by atoms with E-state index in [0.29, 0.717) is 6.61 Å². The normalized spacial score (nSPS) is 20.9. The molecule has 0 radical (unpaired) electrons. The van der Waals surface area contributed by atoms with Crippen LogP contribution in [0, 0.1) is 0 Å². The van der Waals surface area contributed by atoms with Crippen LogP contribution in [0.5, 0.6) is 0 Å². The lowest BCUT2D eigenvalue weighted by molar-refractivity contribution is -0.138. The molecule has 0 N–H and O–H groups in total. The van der Waals surface area contributed by atoms with Gasteiger partial charge in [-0.25, -0.2) is 0 Å². The number of likely N-dealkylation sites (N-methyl/N-ethyl adjacent to an activating group) is 1. The predicted molar refractivity (Wildman–Crippen MR) is 106 cm³/mol. The van der Waals surface area contributed by atoms with Gasteiger partial charge in [0, 0.05) is 51.9 Å². The van der Waals surface area contributed by atoms with Crippen LogP contribution < -0.4 is 0 Å². The largest absolute Gasteiger partial charge is 0.375 e. The van der Waals surface area contributed by atoms with Crippen molar-refractivity contribution < 1.29 is 14.3 Å². The highest BCUT2D eigenvalue weighted by Gasteiger charge is 2.42. The molecule has 1 aromatic rings. The van der Waals surface area contributed by atoms with Gasteiger partial charge in [0.2, 0.25) is 5.91 Å². The quantitative estimate of drug-likeness (QED) is 0.675. The van der Waals surface area contributed by atoms with Gasteiger partial charge in [-0.15, -0.1) is 0 Å². The van der Waals surface area contributed by atoms with Crippen molar-refractivity contribution in [1.29, 1.82) is 0 Å². The highest BCUT2D eigenvalue weighted by atomic mass is 16.5. The van der Waals surface area contributed by atoms with Crippen LogP contribution in [-0.2, 0) is 20.9 Å². The molecule has 1 spiro atoms. The van der Waals surface area contributed by atoms with E-state index in [4.69, 9.17) is 9.47 Å². The predicted octanol–water partition coefficient (Wildman–Crippen LogP) is 1.46. The molecule has 2 aliphatic rings. The van der Waals surface area contributed by atoms with Crippen molar-refractivity contribution in [3.63, 3.8) is 0 Å². The van der Waals surface area contributed by atoms with Gasteiger partial charge in [-0.2, -0.15) is 0 Å². The lowest BCUT2D eigenvalue weighted by Crippen LogP contribution is -2.65. The molecule has 27 heavy (non-hydrogen) atoms. The molecule has 0 bridgehead atoms. The fourth-order valence-corrected chi connectivity index (χ4v) is 4.22. The first-order valence-corrected chi connectivity index (χ1v) is 9.95. The summed E-state index contributed by atoms with van der Waals surface area (Å²) in [5, 5.41) is 0. The first-order chi connectivity index (χ1) is 13.1. The molecule has 0 unspecified atom stereocenters. The number of likely N-dealkylation sites (tertiary alicyclic amines) is 1. The molecule has 0 saturated carbocycles. The van der Waals surface area contributed by atoms with Crippen molar-refractivity contribution in [2.45, 2.75) is 25.0 Å². The summed E-state index contributed by atoms with van der Waals surface area (Å²) in [4.78, 5) is 19.0. The average molecular weight is 376 g/mol. The van der Waals surface area contributed by atoms with Gasteiger partial charge in [0.15, 0.2) is 0 Å². The summed E-state index contributed by atoms with van der Waals surface area (Å²) in [5.41, 5.74) is 1.40. The van der Waals surface area contributed by atoms with E-state index in [1.54, 1.807) is 7.11 Å². The Kier molecular flexibility index (Phi) is 7.24. The molecule has 2 saturated heterocycles. The maximum atomic E-state index is 12.1. The van der Waals surface area contributed by atoms with Crippen molar-refractivity contribution in [1.82, 2.24) is 14.7 Å². The Labute approximate surface area is 163 Å². The summed E-state index contributed by atoms with van der Waals surface area (Å²) in [6.45, 7) is 7.45. The number of carbonyl (C=O) groups is 1. The SMILES string of the molecule is COCC(=O)N1CCC2(CC1)CN(CCOCc1ccccc1)CCN2C. The average Bonchev–Trinajstić information content (AvgIpc) is 2.69. The van der Waals surface area contributed by atoms with Crippen LogP contribution in [-0.4, -0.2) is 92.8 Å². The molecule has 0 aliphatic carbocycles. The van der Waals surface area contributed by atoms with E-state index >= 15 is 0 Å². The Morgan fingerprint density at radius 1 is 1.11 bits per heavy atom. The van der Waals surface area contributed by atoms with Crippen LogP contribution in [0.2, 0.25) is 0 Å². The maximum absolute atomic E-state index is 12.1. The van der Waals surface area contributed by atoms with E-state index in [-0.39, 0.29) is 18.1 Å². The van der Waals surface area contributed by atoms with Crippen LogP contribution in [0.15, 0.2) is 30.3 Å². The van der Waals surface area contributed by atoms with Gasteiger partial charge in [-0.05, 0) is 25.5 Å². The molecule has 3 rings (SSSR count). The zero-order chi connectivity index (χ0) is 19.1. The third kappa shape index (κ3) is 5.29. The molecule has 0 aromatic heterocycles. The minimum absolute atomic E-state index is 0.108. The van der Waals surface area contributed by atoms with Gasteiger partial charge in [-0.1, -0.05) is 30.3 Å². The summed E-state index contributed by atoms with van der Waals surface area (Å²) in [5.74, 6) is 0.108. The first-order valence-electron chi connectivity index (χ1n) is 9.95. The third-order valence-corrected chi connectivity index (χ3v) is 6.06. The highest BCUT2D eigenvalue weighted by Crippen LogP contribution is 2.31. The summed E-state index contributed by atoms with van der Waals surface area (Å²) < 4.78 is 10.9. The maximum Gasteiger partial charge on any atom is 0.248 e. The van der Waals surface area contributed by atoms with Crippen molar-refractivity contribution in [3.05, 3.63) is 35.9 Å². The van der Waals surface area contributed by atoms with Gasteiger partial charge >= 0.3 is 0 Å². The monoisotopic (exact) mass is 375 g/mol. The lowest BCUT2D eigenvalue weighted by Gasteiger charge is -2.53. The number of amides is 1. The number of rotatable bonds is 7. The fraction of sp³-hybridized carbons (Fsp3) is 0.667. The second kappa shape index (κ2) is 9.64. The van der Waals surface area contributed by atoms with E-state index in [2.05, 4.69) is 29.0 Å². The van der Waals surface area contributed by atoms with E-state index in [0.717, 1.165) is 58.7 Å². The van der Waals surface area contributed by atoms with Gasteiger partial charge in [0.25, 0.3) is 0 Å². The summed E-state index contributed by atoms with van der Waals surface area (Å²) in [6, 6.07) is 10.3. The Balaban J connectivity index is 1.44. The Morgan fingerprint density at radius 3 is 2.56 bits per heavy atom. The number of piperidine rings is 1. The Hall–Kier alpha value is -1.47. The van der Waals surface area contributed by atoms with Crippen molar-refractivity contribution >= 4 is 5.91 Å². The van der Waals surface area contributed by atoms with Gasteiger partial charge < -0.3 is 14.4 Å². The molecule has 2 aliphatic heterocycles. The number of ether oxygens (including phenoxy) is 2. The minimum Gasteiger partial charge on any atom is -0.375 e. The third-order valence-electron chi connectivity index (χ3n) is 6.06. The molecule has 150 valence electrons. The molecule has 2 fully saturated rings. The standard InChI is InChI=1S/C21H33N3O3/c1-22-12-13-23(14-15-27-16-19-6-4-3-5-7-19)18-21(22)8-10-24(11-9-21)20(25)17-26-2/h3-7H,8-18H2,1-2H3. The molecule has 1 amide bonds. The zero-order valence-corrected chi connectivity index (χ0v) is 16.7. The lowest BCUT2D eigenvalue weighted by atomic mass is 9.83. The molecule has 1 aromatic carbocycles. The van der Waals surface area contributed by atoms with Gasteiger partial charge in [-0.3, -0.25) is 14.6 Å². The van der Waals surface area contributed by atoms with Crippen LogP contribution in [0.3, 0.4) is 0 Å². The van der Waals surface area contributed by atoms with Crippen LogP contribution in [0.25, 0.3) is 0 Å². The number of methoxy groups -OCH3 is 1. The van der Waals surface area contributed by atoms with Crippen LogP contribution in [0.1, 0.15) is 18.4 Å². The molecule has 6 nitrogen and oxygen atoms in total. The van der Waals surface area contributed by atoms with Gasteiger partial charge in [0.05, 0.1) is 13.2 Å². The van der Waals surface area contributed by atoms with Crippen LogP contribution >= 0.6 is 0 Å². The van der Waals surface area contributed by atoms with Gasteiger partial charge in [0.1, 0.15) is 6.61 Å². The number of hydrogen-bond donors (Lipinski definition) is 0. The smallest absolute Gasteiger partial charge is 0.248 e. The number of piperazine rings is 1. The Bertz CT molecular complexity index is 588. The molecule has 6 heteroatoms. The second-order valence-corrected chi connectivity index (χ2v) is 7.77. The van der Waals surface area contributed by atoms with Crippen LogP contribution in [0.4, 0.5) is 0 Å². The molecule has 2 heterocycles. The van der Waals surface area contributed by atoms with E-state index in [1.807, 2.05) is 23.1 Å². The number of benzene rings is 1. The number of hydrogen-bond acceptors (Lipinski definition) is 5. The van der Waals surface area contributed by atoms with E-state index in [9.17, 15) is 4.79 Å². The van der Waals surface area contributed by atoms with Crippen molar-refractivity contribution in [3.8, 4) is 0 Å². The second-order valence-electron chi connectivity index (χ2n) is 7.77. The fourth-order valence-electron chi connectivity index (χ4n) is 4.22. The summed E-state index contributed by atoms with van der Waals surface area (Å²) in [7, 11) is 3.81. The summed E-state index contributed by atoms with van der Waals surface area (Å²) >= 11 is 0. The minimum atomic E-state index is 0.108. The van der Waals surface area contributed by atoms with Crippen molar-refractivity contribution in [2.24, 2.45) is 0 Å². The van der Waals surface area contributed by atoms with E-state index < -0.39 is 0 Å². The number of carbonyl (C=O) groups excluding carboxylic acids is 1. The highest BCUT2D eigenvalue weighted by molar-refractivity contribution is 5.77.